The van der Waals surface area contributed by atoms with E-state index in [0.717, 1.165) is 43.8 Å². The molecule has 0 N–H and O–H groups in total. The number of benzene rings is 4. The highest BCUT2D eigenvalue weighted by Crippen LogP contribution is 2.44. The molecule has 0 atom stereocenters. The average Bonchev–Trinajstić information content (AvgIpc) is 2.79. The van der Waals surface area contributed by atoms with E-state index in [1.165, 1.54) is 10.8 Å². The summed E-state index contributed by atoms with van der Waals surface area (Å²) < 4.78 is 12.2. The fourth-order valence-corrected chi connectivity index (χ4v) is 5.04. The zero-order chi connectivity index (χ0) is 17.8. The Hall–Kier alpha value is -2.41. The van der Waals surface area contributed by atoms with Gasteiger partial charge in [-0.05, 0) is 58.7 Å². The fourth-order valence-electron chi connectivity index (χ4n) is 3.83. The van der Waals surface area contributed by atoms with Crippen molar-refractivity contribution in [3.05, 3.63) is 71.8 Å². The van der Waals surface area contributed by atoms with E-state index in [2.05, 4.69) is 74.5 Å². The van der Waals surface area contributed by atoms with Crippen molar-refractivity contribution in [3.8, 4) is 0 Å². The van der Waals surface area contributed by atoms with Crippen molar-refractivity contribution in [1.29, 1.82) is 0 Å². The van der Waals surface area contributed by atoms with Crippen LogP contribution in [0, 0.1) is 13.8 Å². The summed E-state index contributed by atoms with van der Waals surface area (Å²) in [5, 5.41) is 6.81. The van der Waals surface area contributed by atoms with Crippen LogP contribution in [0.1, 0.15) is 11.1 Å². The van der Waals surface area contributed by atoms with Crippen molar-refractivity contribution in [3.63, 3.8) is 0 Å². The zero-order valence-corrected chi connectivity index (χ0v) is 16.1. The Morgan fingerprint density at radius 1 is 0.692 bits per heavy atom. The van der Waals surface area contributed by atoms with Gasteiger partial charge in [-0.15, -0.1) is 0 Å². The maximum Gasteiger partial charge on any atom is 0.327 e. The number of halogens is 1. The second-order valence-electron chi connectivity index (χ2n) is 6.63. The molecule has 0 aliphatic rings. The van der Waals surface area contributed by atoms with Crippen LogP contribution in [0.3, 0.4) is 0 Å². The molecule has 0 spiro atoms. The SMILES string of the molecule is Cc1cc2ccccc2c2c1op(Cl)oc1c(C)cc3ccccc3c12. The lowest BCUT2D eigenvalue weighted by molar-refractivity contribution is 0.654. The van der Waals surface area contributed by atoms with Crippen LogP contribution in [0.5, 0.6) is 0 Å². The standard InChI is InChI=1S/C22H16ClO2P/c1-13-11-15-7-3-5-9-17(15)19-20-18-10-6-4-8-16(18)12-14(2)22(20)25-26(23)24-21(13)19/h3-12H,1-2H3. The molecule has 26 heavy (non-hydrogen) atoms. The summed E-state index contributed by atoms with van der Waals surface area (Å²) in [6.07, 6.45) is 0. The first-order chi connectivity index (χ1) is 12.6. The topological polar surface area (TPSA) is 26.3 Å². The van der Waals surface area contributed by atoms with Crippen molar-refractivity contribution in [2.45, 2.75) is 13.8 Å². The van der Waals surface area contributed by atoms with Gasteiger partial charge in [-0.2, -0.15) is 0 Å². The van der Waals surface area contributed by atoms with Crippen molar-refractivity contribution in [1.82, 2.24) is 0 Å². The van der Waals surface area contributed by atoms with Gasteiger partial charge in [-0.3, -0.25) is 0 Å². The van der Waals surface area contributed by atoms with Gasteiger partial charge in [-0.25, -0.2) is 0 Å². The first kappa shape index (κ1) is 15.8. The molecule has 0 amide bonds. The Balaban J connectivity index is 2.28. The van der Waals surface area contributed by atoms with Crippen LogP contribution >= 0.6 is 18.6 Å². The number of aryl methyl sites for hydroxylation is 2. The summed E-state index contributed by atoms with van der Waals surface area (Å²) in [7, 11) is -1.56. The molecule has 1 heterocycles. The van der Waals surface area contributed by atoms with Gasteiger partial charge in [0.2, 0.25) is 0 Å². The molecule has 0 aliphatic heterocycles. The maximum atomic E-state index is 6.44. The van der Waals surface area contributed by atoms with Crippen LogP contribution < -0.4 is 0 Å². The predicted octanol–water partition coefficient (Wildman–Crippen LogP) is 8.22. The van der Waals surface area contributed by atoms with Crippen molar-refractivity contribution in [2.24, 2.45) is 0 Å². The van der Waals surface area contributed by atoms with E-state index in [1.54, 1.807) is 0 Å². The van der Waals surface area contributed by atoms with E-state index in [9.17, 15) is 0 Å². The average molecular weight is 379 g/mol. The van der Waals surface area contributed by atoms with Crippen LogP contribution in [0.2, 0.25) is 0 Å². The Morgan fingerprint density at radius 3 is 1.58 bits per heavy atom. The van der Waals surface area contributed by atoms with E-state index in [1.807, 2.05) is 0 Å². The third-order valence-corrected chi connectivity index (χ3v) is 6.02. The Kier molecular flexibility index (Phi) is 3.53. The molecule has 0 bridgehead atoms. The van der Waals surface area contributed by atoms with E-state index in [4.69, 9.17) is 19.6 Å². The van der Waals surface area contributed by atoms with Gasteiger partial charge in [0.1, 0.15) is 11.2 Å². The molecule has 4 aromatic carbocycles. The summed E-state index contributed by atoms with van der Waals surface area (Å²) in [6.45, 7) is 4.13. The summed E-state index contributed by atoms with van der Waals surface area (Å²) in [4.78, 5) is 0. The molecule has 0 aliphatic carbocycles. The lowest BCUT2D eigenvalue weighted by Gasteiger charge is -2.08. The van der Waals surface area contributed by atoms with Crippen molar-refractivity contribution >= 4 is 62.1 Å². The highest BCUT2D eigenvalue weighted by atomic mass is 35.7. The molecule has 128 valence electrons. The van der Waals surface area contributed by atoms with Gasteiger partial charge >= 0.3 is 7.37 Å². The van der Waals surface area contributed by atoms with Crippen LogP contribution in [0.25, 0.3) is 43.5 Å². The van der Waals surface area contributed by atoms with Gasteiger partial charge < -0.3 is 8.39 Å². The molecule has 2 nitrogen and oxygen atoms in total. The number of fused-ring (bicyclic) bond motifs is 7. The lowest BCUT2D eigenvalue weighted by atomic mass is 9.95. The van der Waals surface area contributed by atoms with Crippen LogP contribution in [-0.4, -0.2) is 0 Å². The quantitative estimate of drug-likeness (QED) is 0.271. The minimum atomic E-state index is -1.56. The molecule has 0 saturated heterocycles. The second kappa shape index (κ2) is 5.81. The summed E-state index contributed by atoms with van der Waals surface area (Å²) >= 11 is 6.44. The van der Waals surface area contributed by atoms with E-state index >= 15 is 0 Å². The van der Waals surface area contributed by atoms with E-state index in [0.29, 0.717) is 0 Å². The van der Waals surface area contributed by atoms with Crippen LogP contribution in [-0.2, 0) is 0 Å². The zero-order valence-electron chi connectivity index (χ0n) is 14.4. The van der Waals surface area contributed by atoms with Crippen LogP contribution in [0.15, 0.2) is 69.1 Å². The normalized spacial score (nSPS) is 11.7. The minimum absolute atomic E-state index is 0.819. The predicted molar refractivity (Wildman–Crippen MR) is 112 cm³/mol. The van der Waals surface area contributed by atoms with Crippen molar-refractivity contribution < 1.29 is 8.39 Å². The molecule has 0 radical (unpaired) electrons. The van der Waals surface area contributed by atoms with Crippen molar-refractivity contribution in [2.75, 3.05) is 0 Å². The van der Waals surface area contributed by atoms with E-state index in [-0.39, 0.29) is 0 Å². The Morgan fingerprint density at radius 2 is 1.12 bits per heavy atom. The number of hydrogen-bond donors (Lipinski definition) is 0. The summed E-state index contributed by atoms with van der Waals surface area (Å²) in [5.41, 5.74) is 3.77. The summed E-state index contributed by atoms with van der Waals surface area (Å²) in [5.74, 6) is 0. The van der Waals surface area contributed by atoms with Gasteiger partial charge in [0.05, 0.1) is 0 Å². The third-order valence-electron chi connectivity index (χ3n) is 4.95. The molecule has 1 aromatic heterocycles. The second-order valence-corrected chi connectivity index (χ2v) is 8.25. The molecule has 4 heteroatoms. The fraction of sp³-hybridized carbons (Fsp3) is 0.0909. The molecule has 5 rings (SSSR count). The molecular formula is C22H16ClO2P. The Labute approximate surface area is 156 Å². The first-order valence-electron chi connectivity index (χ1n) is 8.50. The molecule has 0 fully saturated rings. The Bertz CT molecular complexity index is 1260. The highest BCUT2D eigenvalue weighted by molar-refractivity contribution is 7.68. The largest absolute Gasteiger partial charge is 0.408 e. The smallest absolute Gasteiger partial charge is 0.327 e. The van der Waals surface area contributed by atoms with Gasteiger partial charge in [-0.1, -0.05) is 48.5 Å². The monoisotopic (exact) mass is 378 g/mol. The minimum Gasteiger partial charge on any atom is -0.408 e. The first-order valence-corrected chi connectivity index (χ1v) is 10.6. The molecule has 0 unspecified atom stereocenters. The maximum absolute atomic E-state index is 6.44. The number of hydrogen-bond acceptors (Lipinski definition) is 2. The third kappa shape index (κ3) is 2.26. The lowest BCUT2D eigenvalue weighted by Crippen LogP contribution is -1.85. The molecule has 5 aromatic rings. The van der Waals surface area contributed by atoms with E-state index < -0.39 is 7.37 Å². The van der Waals surface area contributed by atoms with Crippen LogP contribution in [0.4, 0.5) is 0 Å². The van der Waals surface area contributed by atoms with Gasteiger partial charge in [0.15, 0.2) is 0 Å². The van der Waals surface area contributed by atoms with Gasteiger partial charge in [0, 0.05) is 22.0 Å². The molecular weight excluding hydrogens is 363 g/mol. The molecule has 0 saturated carbocycles. The number of rotatable bonds is 0. The summed E-state index contributed by atoms with van der Waals surface area (Å²) in [6, 6.07) is 21.1. The van der Waals surface area contributed by atoms with Gasteiger partial charge in [0.25, 0.3) is 0 Å². The highest BCUT2D eigenvalue weighted by Gasteiger charge is 2.15.